The molecule has 1 aromatic carbocycles. The number of hydrogen-bond donors (Lipinski definition) is 1. The summed E-state index contributed by atoms with van der Waals surface area (Å²) < 4.78 is 10.7. The zero-order chi connectivity index (χ0) is 15.2. The third-order valence-corrected chi connectivity index (χ3v) is 3.49. The molecule has 0 bridgehead atoms. The summed E-state index contributed by atoms with van der Waals surface area (Å²) in [5, 5.41) is 4.01. The van der Waals surface area contributed by atoms with Crippen LogP contribution in [0.3, 0.4) is 0 Å². The van der Waals surface area contributed by atoms with Crippen molar-refractivity contribution in [2.24, 2.45) is 11.7 Å². The molecule has 0 spiro atoms. The molecule has 0 aliphatic carbocycles. The van der Waals surface area contributed by atoms with E-state index in [1.165, 1.54) is 0 Å². The number of hydrogen-bond acceptors (Lipinski definition) is 5. The van der Waals surface area contributed by atoms with Crippen LogP contribution in [0.1, 0.15) is 49.7 Å². The Morgan fingerprint density at radius 3 is 2.57 bits per heavy atom. The van der Waals surface area contributed by atoms with Crippen LogP contribution >= 0.6 is 0 Å². The second kappa shape index (κ2) is 7.33. The molecule has 5 heteroatoms. The molecule has 5 nitrogen and oxygen atoms in total. The maximum atomic E-state index is 6.17. The van der Waals surface area contributed by atoms with E-state index >= 15 is 0 Å². The van der Waals surface area contributed by atoms with Crippen molar-refractivity contribution in [3.05, 3.63) is 47.6 Å². The lowest BCUT2D eigenvalue weighted by Gasteiger charge is -2.14. The summed E-state index contributed by atoms with van der Waals surface area (Å²) in [4.78, 5) is 4.41. The fraction of sp³-hybridized carbons (Fsp3) is 0.500. The SMILES string of the molecule is COC(c1noc(CCC(N)c2ccccc2)n1)C(C)C. The monoisotopic (exact) mass is 289 g/mol. The smallest absolute Gasteiger partial charge is 0.226 e. The summed E-state index contributed by atoms with van der Waals surface area (Å²) >= 11 is 0. The van der Waals surface area contributed by atoms with E-state index in [0.717, 1.165) is 12.0 Å². The second-order valence-electron chi connectivity index (χ2n) is 5.50. The first-order valence-corrected chi connectivity index (χ1v) is 7.27. The van der Waals surface area contributed by atoms with Crippen molar-refractivity contribution in [1.82, 2.24) is 10.1 Å². The molecule has 2 rings (SSSR count). The minimum Gasteiger partial charge on any atom is -0.373 e. The first kappa shape index (κ1) is 15.7. The van der Waals surface area contributed by atoms with Gasteiger partial charge in [0.25, 0.3) is 0 Å². The van der Waals surface area contributed by atoms with Gasteiger partial charge in [-0.05, 0) is 17.9 Å². The van der Waals surface area contributed by atoms with Crippen molar-refractivity contribution >= 4 is 0 Å². The van der Waals surface area contributed by atoms with E-state index in [1.807, 2.05) is 30.3 Å². The fourth-order valence-corrected chi connectivity index (χ4v) is 2.31. The number of aryl methyl sites for hydroxylation is 1. The summed E-state index contributed by atoms with van der Waals surface area (Å²) in [7, 11) is 1.66. The molecule has 0 aliphatic rings. The molecule has 0 aliphatic heterocycles. The van der Waals surface area contributed by atoms with Gasteiger partial charge in [-0.3, -0.25) is 0 Å². The Morgan fingerprint density at radius 1 is 1.24 bits per heavy atom. The maximum Gasteiger partial charge on any atom is 0.226 e. The highest BCUT2D eigenvalue weighted by molar-refractivity contribution is 5.18. The van der Waals surface area contributed by atoms with E-state index in [2.05, 4.69) is 24.0 Å². The van der Waals surface area contributed by atoms with Crippen molar-refractivity contribution in [1.29, 1.82) is 0 Å². The quantitative estimate of drug-likeness (QED) is 0.848. The van der Waals surface area contributed by atoms with Gasteiger partial charge in [0, 0.05) is 19.6 Å². The first-order chi connectivity index (χ1) is 10.1. The van der Waals surface area contributed by atoms with Crippen LogP contribution in [0.2, 0.25) is 0 Å². The first-order valence-electron chi connectivity index (χ1n) is 7.27. The van der Waals surface area contributed by atoms with Crippen molar-refractivity contribution in [3.63, 3.8) is 0 Å². The highest BCUT2D eigenvalue weighted by Crippen LogP contribution is 2.23. The van der Waals surface area contributed by atoms with Gasteiger partial charge in [0.15, 0.2) is 0 Å². The zero-order valence-corrected chi connectivity index (χ0v) is 12.8. The Hall–Kier alpha value is -1.72. The Kier molecular flexibility index (Phi) is 5.47. The van der Waals surface area contributed by atoms with Crippen LogP contribution in [-0.4, -0.2) is 17.3 Å². The standard InChI is InChI=1S/C16H23N3O2/c1-11(2)15(20-3)16-18-14(21-19-16)10-9-13(17)12-7-5-4-6-8-12/h4-8,11,13,15H,9-10,17H2,1-3H3. The third-order valence-electron chi connectivity index (χ3n) is 3.49. The number of rotatable bonds is 7. The van der Waals surface area contributed by atoms with E-state index in [4.69, 9.17) is 15.0 Å². The number of ether oxygens (including phenoxy) is 1. The number of nitrogens with zero attached hydrogens (tertiary/aromatic N) is 2. The summed E-state index contributed by atoms with van der Waals surface area (Å²) in [6.45, 7) is 4.13. The predicted octanol–water partition coefficient (Wildman–Crippen LogP) is 3.05. The summed E-state index contributed by atoms with van der Waals surface area (Å²) in [6, 6.07) is 10.0. The van der Waals surface area contributed by atoms with Crippen molar-refractivity contribution in [3.8, 4) is 0 Å². The Labute approximate surface area is 125 Å². The Bertz CT molecular complexity index is 539. The van der Waals surface area contributed by atoms with Gasteiger partial charge < -0.3 is 15.0 Å². The molecular weight excluding hydrogens is 266 g/mol. The van der Waals surface area contributed by atoms with Gasteiger partial charge in [0.1, 0.15) is 6.10 Å². The van der Waals surface area contributed by atoms with E-state index in [1.54, 1.807) is 7.11 Å². The minimum absolute atomic E-state index is 0.0233. The maximum absolute atomic E-state index is 6.17. The highest BCUT2D eigenvalue weighted by Gasteiger charge is 2.21. The van der Waals surface area contributed by atoms with Gasteiger partial charge in [0.2, 0.25) is 11.7 Å². The molecule has 2 aromatic rings. The molecule has 2 atom stereocenters. The number of methoxy groups -OCH3 is 1. The van der Waals surface area contributed by atoms with E-state index in [0.29, 0.717) is 24.1 Å². The van der Waals surface area contributed by atoms with E-state index in [9.17, 15) is 0 Å². The van der Waals surface area contributed by atoms with Crippen LogP contribution in [0.5, 0.6) is 0 Å². The molecule has 0 radical (unpaired) electrons. The van der Waals surface area contributed by atoms with Crippen LogP contribution in [0.25, 0.3) is 0 Å². The largest absolute Gasteiger partial charge is 0.373 e. The normalized spacial score (nSPS) is 14.3. The molecule has 0 saturated carbocycles. The van der Waals surface area contributed by atoms with Crippen molar-refractivity contribution < 1.29 is 9.26 Å². The van der Waals surface area contributed by atoms with Gasteiger partial charge in [-0.25, -0.2) is 0 Å². The number of aromatic nitrogens is 2. The lowest BCUT2D eigenvalue weighted by Crippen LogP contribution is -2.12. The van der Waals surface area contributed by atoms with Gasteiger partial charge in [-0.1, -0.05) is 49.3 Å². The molecular formula is C16H23N3O2. The van der Waals surface area contributed by atoms with Gasteiger partial charge in [-0.15, -0.1) is 0 Å². The fourth-order valence-electron chi connectivity index (χ4n) is 2.31. The molecule has 0 saturated heterocycles. The molecule has 114 valence electrons. The number of benzene rings is 1. The van der Waals surface area contributed by atoms with E-state index in [-0.39, 0.29) is 12.1 Å². The van der Waals surface area contributed by atoms with Gasteiger partial charge >= 0.3 is 0 Å². The summed E-state index contributed by atoms with van der Waals surface area (Å²) in [6.07, 6.45) is 1.30. The highest BCUT2D eigenvalue weighted by atomic mass is 16.5. The molecule has 0 amide bonds. The van der Waals surface area contributed by atoms with Crippen LogP contribution < -0.4 is 5.73 Å². The molecule has 21 heavy (non-hydrogen) atoms. The van der Waals surface area contributed by atoms with Gasteiger partial charge in [-0.2, -0.15) is 4.98 Å². The minimum atomic E-state index is -0.134. The number of nitrogens with two attached hydrogens (primary N) is 1. The lowest BCUT2D eigenvalue weighted by atomic mass is 10.0. The topological polar surface area (TPSA) is 74.2 Å². The van der Waals surface area contributed by atoms with Crippen molar-refractivity contribution in [2.75, 3.05) is 7.11 Å². The third kappa shape index (κ3) is 4.12. The second-order valence-corrected chi connectivity index (χ2v) is 5.50. The van der Waals surface area contributed by atoms with Crippen LogP contribution in [-0.2, 0) is 11.2 Å². The molecule has 0 fully saturated rings. The van der Waals surface area contributed by atoms with Crippen LogP contribution in [0, 0.1) is 5.92 Å². The summed E-state index contributed by atoms with van der Waals surface area (Å²) in [5.41, 5.74) is 7.29. The molecule has 2 unspecified atom stereocenters. The van der Waals surface area contributed by atoms with Crippen LogP contribution in [0.15, 0.2) is 34.9 Å². The molecule has 1 heterocycles. The predicted molar refractivity (Wildman–Crippen MR) is 80.6 cm³/mol. The van der Waals surface area contributed by atoms with Crippen LogP contribution in [0.4, 0.5) is 0 Å². The Balaban J connectivity index is 1.94. The average molecular weight is 289 g/mol. The zero-order valence-electron chi connectivity index (χ0n) is 12.8. The summed E-state index contributed by atoms with van der Waals surface area (Å²) in [5.74, 6) is 1.52. The average Bonchev–Trinajstić information content (AvgIpc) is 2.94. The lowest BCUT2D eigenvalue weighted by molar-refractivity contribution is 0.0555. The van der Waals surface area contributed by atoms with E-state index < -0.39 is 0 Å². The Morgan fingerprint density at radius 2 is 1.95 bits per heavy atom. The van der Waals surface area contributed by atoms with Gasteiger partial charge in [0.05, 0.1) is 0 Å². The molecule has 1 aromatic heterocycles. The molecule has 2 N–H and O–H groups in total. The van der Waals surface area contributed by atoms with Crippen molar-refractivity contribution in [2.45, 2.75) is 38.8 Å².